The second-order valence-corrected chi connectivity index (χ2v) is 5.63. The summed E-state index contributed by atoms with van der Waals surface area (Å²) in [4.78, 5) is 9.97. The lowest BCUT2D eigenvalue weighted by Gasteiger charge is -2.09. The fourth-order valence-corrected chi connectivity index (χ4v) is 2.69. The highest BCUT2D eigenvalue weighted by molar-refractivity contribution is 7.89. The highest BCUT2D eigenvalue weighted by Crippen LogP contribution is 2.23. The van der Waals surface area contributed by atoms with Crippen molar-refractivity contribution in [1.82, 2.24) is 4.72 Å². The number of carboxylic acid groups (broad SMARTS) is 1. The van der Waals surface area contributed by atoms with Gasteiger partial charge in [0.1, 0.15) is 4.90 Å². The number of methoxy groups -OCH3 is 1. The number of carboxylic acids is 1. The number of benzene rings is 1. The molecule has 1 aromatic rings. The molecule has 0 radical (unpaired) electrons. The van der Waals surface area contributed by atoms with Gasteiger partial charge in [0.05, 0.1) is 12.2 Å². The van der Waals surface area contributed by atoms with Crippen molar-refractivity contribution in [1.29, 1.82) is 0 Å². The van der Waals surface area contributed by atoms with Gasteiger partial charge in [0.25, 0.3) is 0 Å². The molecular formula is C10H11ClFNO5S. The zero-order valence-electron chi connectivity index (χ0n) is 9.81. The third-order valence-corrected chi connectivity index (χ3v) is 3.80. The Balaban J connectivity index is 3.23. The minimum absolute atomic E-state index is 0.0762. The summed E-state index contributed by atoms with van der Waals surface area (Å²) in [5.41, 5.74) is -0.806. The van der Waals surface area contributed by atoms with E-state index >= 15 is 0 Å². The van der Waals surface area contributed by atoms with E-state index in [2.05, 4.69) is 9.46 Å². The molecule has 0 heterocycles. The molecular weight excluding hydrogens is 301 g/mol. The summed E-state index contributed by atoms with van der Waals surface area (Å²) < 4.78 is 44.1. The number of ether oxygens (including phenoxy) is 1. The van der Waals surface area contributed by atoms with Crippen molar-refractivity contribution in [3.8, 4) is 0 Å². The van der Waals surface area contributed by atoms with E-state index in [1.807, 2.05) is 0 Å². The van der Waals surface area contributed by atoms with Crippen molar-refractivity contribution in [2.24, 2.45) is 0 Å². The van der Waals surface area contributed by atoms with Crippen molar-refractivity contribution in [3.63, 3.8) is 0 Å². The lowest BCUT2D eigenvalue weighted by molar-refractivity contribution is 0.0691. The van der Waals surface area contributed by atoms with E-state index in [-0.39, 0.29) is 18.2 Å². The Morgan fingerprint density at radius 3 is 2.68 bits per heavy atom. The summed E-state index contributed by atoms with van der Waals surface area (Å²) in [6.07, 6.45) is 0. The summed E-state index contributed by atoms with van der Waals surface area (Å²) in [7, 11) is -2.82. The fraction of sp³-hybridized carbons (Fsp3) is 0.300. The van der Waals surface area contributed by atoms with Crippen LogP contribution in [0.25, 0.3) is 0 Å². The molecule has 0 saturated carbocycles. The van der Waals surface area contributed by atoms with Crippen molar-refractivity contribution in [3.05, 3.63) is 28.5 Å². The first kappa shape index (κ1) is 15.8. The number of sulfonamides is 1. The molecule has 0 aliphatic rings. The van der Waals surface area contributed by atoms with E-state index in [1.54, 1.807) is 0 Å². The van der Waals surface area contributed by atoms with E-state index < -0.39 is 32.3 Å². The number of rotatable bonds is 6. The van der Waals surface area contributed by atoms with Gasteiger partial charge in [0.2, 0.25) is 10.0 Å². The highest BCUT2D eigenvalue weighted by Gasteiger charge is 2.24. The van der Waals surface area contributed by atoms with Gasteiger partial charge in [-0.3, -0.25) is 0 Å². The molecule has 1 rings (SSSR count). The molecule has 9 heteroatoms. The first-order valence-corrected chi connectivity index (χ1v) is 6.86. The van der Waals surface area contributed by atoms with Gasteiger partial charge in [0.15, 0.2) is 5.82 Å². The molecule has 0 saturated heterocycles. The van der Waals surface area contributed by atoms with Gasteiger partial charge in [-0.2, -0.15) is 0 Å². The van der Waals surface area contributed by atoms with Crippen LogP contribution in [0.3, 0.4) is 0 Å². The van der Waals surface area contributed by atoms with Crippen LogP contribution in [0.5, 0.6) is 0 Å². The zero-order valence-corrected chi connectivity index (χ0v) is 11.4. The predicted molar refractivity (Wildman–Crippen MR) is 65.4 cm³/mol. The lowest BCUT2D eigenvalue weighted by Crippen LogP contribution is -2.28. The van der Waals surface area contributed by atoms with Gasteiger partial charge in [-0.05, 0) is 12.1 Å². The molecule has 0 aromatic heterocycles. The van der Waals surface area contributed by atoms with Crippen LogP contribution in [-0.4, -0.2) is 39.8 Å². The number of hydrogen-bond acceptors (Lipinski definition) is 4. The summed E-state index contributed by atoms with van der Waals surface area (Å²) >= 11 is 5.59. The zero-order chi connectivity index (χ0) is 14.6. The van der Waals surface area contributed by atoms with Crippen LogP contribution >= 0.6 is 11.6 Å². The van der Waals surface area contributed by atoms with Crippen LogP contribution in [0.4, 0.5) is 4.39 Å². The second-order valence-electron chi connectivity index (χ2n) is 3.46. The average Bonchev–Trinajstić information content (AvgIpc) is 2.31. The second kappa shape index (κ2) is 6.29. The minimum atomic E-state index is -4.19. The Bertz CT molecular complexity index is 590. The van der Waals surface area contributed by atoms with Crippen molar-refractivity contribution in [2.45, 2.75) is 4.90 Å². The van der Waals surface area contributed by atoms with Gasteiger partial charge < -0.3 is 9.84 Å². The van der Waals surface area contributed by atoms with Crippen molar-refractivity contribution >= 4 is 27.6 Å². The Hall–Kier alpha value is -1.22. The van der Waals surface area contributed by atoms with Crippen LogP contribution in [0, 0.1) is 5.82 Å². The normalized spacial score (nSPS) is 11.5. The van der Waals surface area contributed by atoms with E-state index in [0.29, 0.717) is 0 Å². The van der Waals surface area contributed by atoms with Gasteiger partial charge in [0, 0.05) is 18.7 Å². The molecule has 2 N–H and O–H groups in total. The van der Waals surface area contributed by atoms with Crippen molar-refractivity contribution < 1.29 is 27.4 Å². The van der Waals surface area contributed by atoms with E-state index in [4.69, 9.17) is 16.7 Å². The Morgan fingerprint density at radius 2 is 2.16 bits per heavy atom. The fourth-order valence-electron chi connectivity index (χ4n) is 1.27. The standard InChI is InChI=1S/C10H11ClFNO5S/c1-18-3-2-13-19(16,17)8-5-6(11)4-7(9(8)12)10(14)15/h4-5,13H,2-3H2,1H3,(H,14,15). The molecule has 0 aliphatic heterocycles. The number of hydrogen-bond donors (Lipinski definition) is 2. The summed E-state index contributed by atoms with van der Waals surface area (Å²) in [5, 5.41) is 8.57. The molecule has 0 amide bonds. The maximum atomic E-state index is 13.8. The summed E-state index contributed by atoms with van der Waals surface area (Å²) in [5.74, 6) is -2.96. The predicted octanol–water partition coefficient (Wildman–Crippen LogP) is 1.10. The SMILES string of the molecule is COCCNS(=O)(=O)c1cc(Cl)cc(C(=O)O)c1F. The molecule has 106 valence electrons. The third kappa shape index (κ3) is 3.87. The minimum Gasteiger partial charge on any atom is -0.478 e. The van der Waals surface area contributed by atoms with Crippen LogP contribution in [-0.2, 0) is 14.8 Å². The maximum absolute atomic E-state index is 13.8. The van der Waals surface area contributed by atoms with Gasteiger partial charge in [-0.15, -0.1) is 0 Å². The van der Waals surface area contributed by atoms with Crippen LogP contribution in [0.15, 0.2) is 17.0 Å². The number of halogens is 2. The largest absolute Gasteiger partial charge is 0.478 e. The summed E-state index contributed by atoms with van der Waals surface area (Å²) in [6.45, 7) is 0.0143. The van der Waals surface area contributed by atoms with Gasteiger partial charge in [-0.1, -0.05) is 11.6 Å². The van der Waals surface area contributed by atoms with Crippen LogP contribution in [0.1, 0.15) is 10.4 Å². The molecule has 0 aliphatic carbocycles. The molecule has 0 bridgehead atoms. The monoisotopic (exact) mass is 311 g/mol. The smallest absolute Gasteiger partial charge is 0.338 e. The molecule has 19 heavy (non-hydrogen) atoms. The number of nitrogens with one attached hydrogen (secondary N) is 1. The third-order valence-electron chi connectivity index (χ3n) is 2.12. The van der Waals surface area contributed by atoms with Gasteiger partial charge in [-0.25, -0.2) is 22.3 Å². The lowest BCUT2D eigenvalue weighted by atomic mass is 10.2. The highest BCUT2D eigenvalue weighted by atomic mass is 35.5. The molecule has 0 fully saturated rings. The molecule has 1 aromatic carbocycles. The molecule has 0 atom stereocenters. The first-order valence-electron chi connectivity index (χ1n) is 5.00. The van der Waals surface area contributed by atoms with Crippen LogP contribution < -0.4 is 4.72 Å². The quantitative estimate of drug-likeness (QED) is 0.768. The summed E-state index contributed by atoms with van der Waals surface area (Å²) in [6, 6.07) is 1.69. The van der Waals surface area contributed by atoms with E-state index in [9.17, 15) is 17.6 Å². The molecule has 0 spiro atoms. The number of carbonyl (C=O) groups is 1. The maximum Gasteiger partial charge on any atom is 0.338 e. The van der Waals surface area contributed by atoms with E-state index in [1.165, 1.54) is 7.11 Å². The van der Waals surface area contributed by atoms with Gasteiger partial charge >= 0.3 is 5.97 Å². The number of aromatic carboxylic acids is 1. The Morgan fingerprint density at radius 1 is 1.53 bits per heavy atom. The average molecular weight is 312 g/mol. The van der Waals surface area contributed by atoms with Crippen LogP contribution in [0.2, 0.25) is 5.02 Å². The molecule has 0 unspecified atom stereocenters. The topological polar surface area (TPSA) is 92.7 Å². The van der Waals surface area contributed by atoms with E-state index in [0.717, 1.165) is 12.1 Å². The molecule has 6 nitrogen and oxygen atoms in total. The Kier molecular flexibility index (Phi) is 5.24. The van der Waals surface area contributed by atoms with Crippen molar-refractivity contribution in [2.75, 3.05) is 20.3 Å². The Labute approximate surface area is 114 Å². The first-order chi connectivity index (χ1) is 8.79.